The van der Waals surface area contributed by atoms with Crippen molar-refractivity contribution in [1.82, 2.24) is 10.2 Å². The van der Waals surface area contributed by atoms with Gasteiger partial charge in [-0.05, 0) is 83.0 Å². The molecule has 124 valence electrons. The molecular formula is C18H36N2O. The molecule has 3 atom stereocenters. The lowest BCUT2D eigenvalue weighted by Crippen LogP contribution is -2.44. The van der Waals surface area contributed by atoms with Crippen LogP contribution in [0.1, 0.15) is 58.8 Å². The molecule has 2 aliphatic rings. The van der Waals surface area contributed by atoms with Crippen LogP contribution < -0.4 is 5.32 Å². The first-order valence-electron chi connectivity index (χ1n) is 9.31. The summed E-state index contributed by atoms with van der Waals surface area (Å²) in [5.74, 6) is 2.09. The Kier molecular flexibility index (Phi) is 7.48. The predicted molar refractivity (Wildman–Crippen MR) is 89.5 cm³/mol. The first-order chi connectivity index (χ1) is 10.2. The number of nitrogens with zero attached hydrogens (tertiary/aromatic N) is 1. The van der Waals surface area contributed by atoms with Gasteiger partial charge in [-0.2, -0.15) is 0 Å². The molecule has 0 aromatic carbocycles. The number of hydrogen-bond acceptors (Lipinski definition) is 3. The van der Waals surface area contributed by atoms with Crippen molar-refractivity contribution in [3.05, 3.63) is 0 Å². The molecule has 0 radical (unpaired) electrons. The Labute approximate surface area is 131 Å². The van der Waals surface area contributed by atoms with Crippen LogP contribution in [0, 0.1) is 17.8 Å². The smallest absolute Gasteiger partial charge is 0.0462 e. The number of aliphatic hydroxyl groups excluding tert-OH is 1. The van der Waals surface area contributed by atoms with Gasteiger partial charge in [0.15, 0.2) is 0 Å². The zero-order chi connectivity index (χ0) is 15.1. The van der Waals surface area contributed by atoms with Gasteiger partial charge in [0.05, 0.1) is 0 Å². The molecule has 3 heteroatoms. The summed E-state index contributed by atoms with van der Waals surface area (Å²) in [7, 11) is 0. The largest absolute Gasteiger partial charge is 0.396 e. The van der Waals surface area contributed by atoms with Crippen LogP contribution in [-0.2, 0) is 0 Å². The maximum atomic E-state index is 9.52. The predicted octanol–water partition coefficient (Wildman–Crippen LogP) is 2.89. The number of likely N-dealkylation sites (tertiary alicyclic amines) is 1. The average molecular weight is 296 g/mol. The third kappa shape index (κ3) is 5.22. The minimum absolute atomic E-state index is 0.385. The highest BCUT2D eigenvalue weighted by molar-refractivity contribution is 4.82. The van der Waals surface area contributed by atoms with Crippen molar-refractivity contribution in [3.63, 3.8) is 0 Å². The van der Waals surface area contributed by atoms with Crippen LogP contribution >= 0.6 is 0 Å². The fourth-order valence-corrected chi connectivity index (χ4v) is 4.29. The number of rotatable bonds is 7. The van der Waals surface area contributed by atoms with Gasteiger partial charge in [-0.25, -0.2) is 0 Å². The molecule has 0 aromatic heterocycles. The number of hydrogen-bond donors (Lipinski definition) is 2. The molecule has 2 rings (SSSR count). The fraction of sp³-hybridized carbons (Fsp3) is 1.00. The number of nitrogens with one attached hydrogen (secondary N) is 1. The monoisotopic (exact) mass is 296 g/mol. The van der Waals surface area contributed by atoms with E-state index in [1.54, 1.807) is 0 Å². The molecule has 3 nitrogen and oxygen atoms in total. The minimum Gasteiger partial charge on any atom is -0.396 e. The van der Waals surface area contributed by atoms with E-state index in [0.29, 0.717) is 24.5 Å². The molecule has 1 aliphatic carbocycles. The fourth-order valence-electron chi connectivity index (χ4n) is 4.29. The molecule has 3 unspecified atom stereocenters. The van der Waals surface area contributed by atoms with E-state index in [1.165, 1.54) is 64.6 Å². The Morgan fingerprint density at radius 1 is 1.10 bits per heavy atom. The van der Waals surface area contributed by atoms with Gasteiger partial charge in [0.2, 0.25) is 0 Å². The molecule has 0 amide bonds. The maximum absolute atomic E-state index is 9.52. The Hall–Kier alpha value is -0.120. The van der Waals surface area contributed by atoms with Crippen LogP contribution in [0.25, 0.3) is 0 Å². The summed E-state index contributed by atoms with van der Waals surface area (Å²) < 4.78 is 0. The van der Waals surface area contributed by atoms with E-state index < -0.39 is 0 Å². The van der Waals surface area contributed by atoms with Crippen molar-refractivity contribution in [3.8, 4) is 0 Å². The lowest BCUT2D eigenvalue weighted by atomic mass is 9.79. The molecule has 21 heavy (non-hydrogen) atoms. The Morgan fingerprint density at radius 3 is 2.38 bits per heavy atom. The Balaban J connectivity index is 1.68. The van der Waals surface area contributed by atoms with Crippen molar-refractivity contribution >= 4 is 0 Å². The van der Waals surface area contributed by atoms with Gasteiger partial charge in [-0.1, -0.05) is 19.8 Å². The Bertz CT molecular complexity index is 276. The van der Waals surface area contributed by atoms with Crippen molar-refractivity contribution in [2.45, 2.75) is 64.8 Å². The van der Waals surface area contributed by atoms with E-state index in [-0.39, 0.29) is 0 Å². The SMILES string of the molecule is CCCN1CCC(C(C)NCC2CCCCC2CO)CC1. The van der Waals surface area contributed by atoms with Crippen molar-refractivity contribution < 1.29 is 5.11 Å². The van der Waals surface area contributed by atoms with Crippen molar-refractivity contribution in [2.24, 2.45) is 17.8 Å². The second kappa shape index (κ2) is 9.12. The first kappa shape index (κ1) is 17.2. The standard InChI is InChI=1S/C18H36N2O/c1-3-10-20-11-8-16(9-12-20)15(2)19-13-17-6-4-5-7-18(17)14-21/h15-19,21H,3-14H2,1-2H3. The molecule has 0 bridgehead atoms. The van der Waals surface area contributed by atoms with E-state index in [0.717, 1.165) is 12.5 Å². The van der Waals surface area contributed by atoms with Crippen LogP contribution in [0.15, 0.2) is 0 Å². The molecule has 1 heterocycles. The second-order valence-electron chi connectivity index (χ2n) is 7.36. The lowest BCUT2D eigenvalue weighted by molar-refractivity contribution is 0.122. The molecular weight excluding hydrogens is 260 g/mol. The van der Waals surface area contributed by atoms with Crippen LogP contribution in [0.4, 0.5) is 0 Å². The molecule has 1 aliphatic heterocycles. The van der Waals surface area contributed by atoms with Crippen molar-refractivity contribution in [2.75, 3.05) is 32.8 Å². The third-order valence-electron chi connectivity index (χ3n) is 5.88. The highest BCUT2D eigenvalue weighted by Crippen LogP contribution is 2.29. The summed E-state index contributed by atoms with van der Waals surface area (Å²) in [4.78, 5) is 2.62. The summed E-state index contributed by atoms with van der Waals surface area (Å²) >= 11 is 0. The third-order valence-corrected chi connectivity index (χ3v) is 5.88. The van der Waals surface area contributed by atoms with Gasteiger partial charge in [-0.15, -0.1) is 0 Å². The van der Waals surface area contributed by atoms with Gasteiger partial charge in [0.1, 0.15) is 0 Å². The zero-order valence-corrected chi connectivity index (χ0v) is 14.2. The van der Waals surface area contributed by atoms with Gasteiger partial charge in [0.25, 0.3) is 0 Å². The molecule has 2 N–H and O–H groups in total. The summed E-state index contributed by atoms with van der Waals surface area (Å²) in [6, 6.07) is 0.634. The van der Waals surface area contributed by atoms with E-state index in [2.05, 4.69) is 24.1 Å². The molecule has 0 aromatic rings. The van der Waals surface area contributed by atoms with Crippen LogP contribution in [0.2, 0.25) is 0 Å². The van der Waals surface area contributed by atoms with Crippen LogP contribution in [-0.4, -0.2) is 48.8 Å². The quantitative estimate of drug-likeness (QED) is 0.758. The van der Waals surface area contributed by atoms with Crippen molar-refractivity contribution in [1.29, 1.82) is 0 Å². The molecule has 1 saturated carbocycles. The second-order valence-corrected chi connectivity index (χ2v) is 7.36. The normalized spacial score (nSPS) is 30.4. The maximum Gasteiger partial charge on any atom is 0.0462 e. The van der Waals surface area contributed by atoms with Crippen LogP contribution in [0.3, 0.4) is 0 Å². The summed E-state index contributed by atoms with van der Waals surface area (Å²) in [6.45, 7) is 9.99. The lowest BCUT2D eigenvalue weighted by Gasteiger charge is -2.37. The van der Waals surface area contributed by atoms with Crippen LogP contribution in [0.5, 0.6) is 0 Å². The van der Waals surface area contributed by atoms with Gasteiger partial charge in [-0.3, -0.25) is 0 Å². The molecule has 2 fully saturated rings. The van der Waals surface area contributed by atoms with Gasteiger partial charge < -0.3 is 15.3 Å². The number of piperidine rings is 1. The number of aliphatic hydroxyl groups is 1. The highest BCUT2D eigenvalue weighted by Gasteiger charge is 2.27. The van der Waals surface area contributed by atoms with E-state index in [1.807, 2.05) is 0 Å². The summed E-state index contributed by atoms with van der Waals surface area (Å²) in [5.41, 5.74) is 0. The molecule has 0 spiro atoms. The minimum atomic E-state index is 0.385. The topological polar surface area (TPSA) is 35.5 Å². The van der Waals surface area contributed by atoms with E-state index in [4.69, 9.17) is 0 Å². The summed E-state index contributed by atoms with van der Waals surface area (Å²) in [6.07, 6.45) is 9.18. The highest BCUT2D eigenvalue weighted by atomic mass is 16.3. The zero-order valence-electron chi connectivity index (χ0n) is 14.2. The van der Waals surface area contributed by atoms with Gasteiger partial charge in [0, 0.05) is 12.6 Å². The van der Waals surface area contributed by atoms with E-state index in [9.17, 15) is 5.11 Å². The van der Waals surface area contributed by atoms with E-state index >= 15 is 0 Å². The Morgan fingerprint density at radius 2 is 1.76 bits per heavy atom. The summed E-state index contributed by atoms with van der Waals surface area (Å²) in [5, 5.41) is 13.3. The van der Waals surface area contributed by atoms with Gasteiger partial charge >= 0.3 is 0 Å². The molecule has 1 saturated heterocycles. The average Bonchev–Trinajstić information content (AvgIpc) is 2.54. The first-order valence-corrected chi connectivity index (χ1v) is 9.31.